The predicted octanol–water partition coefficient (Wildman–Crippen LogP) is 4.40. The van der Waals surface area contributed by atoms with Gasteiger partial charge in [-0.2, -0.15) is 48.3 Å². The first-order chi connectivity index (χ1) is 10.1. The normalized spacial score (nSPS) is 17.4. The molecule has 24 heavy (non-hydrogen) atoms. The van der Waals surface area contributed by atoms with E-state index in [1.807, 2.05) is 4.74 Å². The van der Waals surface area contributed by atoms with E-state index in [-0.39, 0.29) is 0 Å². The molecule has 0 radical (unpaired) electrons. The maximum Gasteiger partial charge on any atom is 0.462 e. The number of carbonyl (C=O) groups is 1. The zero-order valence-corrected chi connectivity index (χ0v) is 12.9. The van der Waals surface area contributed by atoms with Gasteiger partial charge in [-0.15, -0.1) is 0 Å². The average molecular weight is 402 g/mol. The fraction of sp³-hybridized carbons (Fsp3) is 0.889. The highest BCUT2D eigenvalue weighted by Gasteiger charge is 2.80. The summed E-state index contributed by atoms with van der Waals surface area (Å²) in [4.78, 5) is 11.1. The molecule has 0 aliphatic carbocycles. The number of ether oxygens (including phenoxy) is 1. The molecule has 144 valence electrons. The molecule has 0 heterocycles. The number of rotatable bonds is 5. The van der Waals surface area contributed by atoms with Gasteiger partial charge in [-0.25, -0.2) is 4.79 Å². The Morgan fingerprint density at radius 3 is 1.38 bits per heavy atom. The van der Waals surface area contributed by atoms with E-state index in [2.05, 4.69) is 4.43 Å². The molecule has 0 saturated heterocycles. The highest BCUT2D eigenvalue weighted by molar-refractivity contribution is 6.71. The number of alkyl halides is 11. The molecule has 0 aliphatic heterocycles. The van der Waals surface area contributed by atoms with Gasteiger partial charge < -0.3 is 4.43 Å². The van der Waals surface area contributed by atoms with Gasteiger partial charge in [-0.3, -0.25) is 4.74 Å². The van der Waals surface area contributed by atoms with Crippen molar-refractivity contribution in [3.8, 4) is 0 Å². The number of hydrogen-bond donors (Lipinski definition) is 0. The summed E-state index contributed by atoms with van der Waals surface area (Å²) >= 11 is 0. The van der Waals surface area contributed by atoms with E-state index < -0.39 is 44.5 Å². The minimum Gasteiger partial charge on any atom is -0.515 e. The Kier molecular flexibility index (Phi) is 5.72. The molecular weight excluding hydrogens is 393 g/mol. The molecule has 1 atom stereocenters. The van der Waals surface area contributed by atoms with Crippen LogP contribution in [0.3, 0.4) is 0 Å². The Hall–Kier alpha value is -1.12. The smallest absolute Gasteiger partial charge is 0.462 e. The lowest BCUT2D eigenvalue weighted by Gasteiger charge is -2.34. The quantitative estimate of drug-likeness (QED) is 0.505. The first kappa shape index (κ1) is 22.9. The largest absolute Gasteiger partial charge is 0.515 e. The summed E-state index contributed by atoms with van der Waals surface area (Å²) < 4.78 is 144. The SMILES string of the molecule is C[Si](C)(C)OC(=O)C(F)(OC(F)(F)C(F)(F)C(F)(F)F)C(F)(F)F. The van der Waals surface area contributed by atoms with Crippen LogP contribution in [0.4, 0.5) is 48.3 Å². The zero-order valence-electron chi connectivity index (χ0n) is 11.9. The molecule has 0 rings (SSSR count). The van der Waals surface area contributed by atoms with Gasteiger partial charge in [0.1, 0.15) is 0 Å². The van der Waals surface area contributed by atoms with Crippen molar-refractivity contribution in [1.29, 1.82) is 0 Å². The van der Waals surface area contributed by atoms with Crippen molar-refractivity contribution in [3.63, 3.8) is 0 Å². The Morgan fingerprint density at radius 1 is 0.750 bits per heavy atom. The molecule has 0 fully saturated rings. The maximum atomic E-state index is 13.7. The van der Waals surface area contributed by atoms with E-state index in [4.69, 9.17) is 0 Å². The Bertz CT molecular complexity index is 479. The van der Waals surface area contributed by atoms with Crippen LogP contribution in [0.25, 0.3) is 0 Å². The molecule has 0 aromatic heterocycles. The van der Waals surface area contributed by atoms with E-state index in [1.54, 1.807) is 0 Å². The summed E-state index contributed by atoms with van der Waals surface area (Å²) in [6, 6.07) is 0. The highest BCUT2D eigenvalue weighted by Crippen LogP contribution is 2.51. The third-order valence-corrected chi connectivity index (χ3v) is 2.81. The molecule has 0 aromatic rings. The molecular formula is C9H9F11O3Si. The standard InChI is InChI=1S/C9H9F11O3Si/c1-24(2,3)22-4(21)5(10,7(13,14)15)23-9(19,20)6(11,12)8(16,17)18/h1-3H3. The van der Waals surface area contributed by atoms with Gasteiger partial charge in [0.2, 0.25) is 8.32 Å². The van der Waals surface area contributed by atoms with Gasteiger partial charge in [0, 0.05) is 0 Å². The fourth-order valence-corrected chi connectivity index (χ4v) is 1.65. The highest BCUT2D eigenvalue weighted by atomic mass is 28.4. The second-order valence-corrected chi connectivity index (χ2v) is 9.71. The fourth-order valence-electron chi connectivity index (χ4n) is 0.965. The molecule has 0 N–H and O–H groups in total. The summed E-state index contributed by atoms with van der Waals surface area (Å²) in [5.41, 5.74) is 0. The molecule has 0 aromatic carbocycles. The van der Waals surface area contributed by atoms with Gasteiger partial charge >= 0.3 is 36.2 Å². The summed E-state index contributed by atoms with van der Waals surface area (Å²) in [6.45, 7) is 2.93. The van der Waals surface area contributed by atoms with Gasteiger partial charge in [-0.1, -0.05) is 0 Å². The molecule has 1 unspecified atom stereocenters. The Labute approximate surface area is 127 Å². The molecule has 0 bridgehead atoms. The first-order valence-electron chi connectivity index (χ1n) is 5.60. The monoisotopic (exact) mass is 402 g/mol. The molecule has 15 heteroatoms. The third kappa shape index (κ3) is 4.49. The number of hydrogen-bond acceptors (Lipinski definition) is 3. The van der Waals surface area contributed by atoms with Crippen LogP contribution in [0.1, 0.15) is 0 Å². The lowest BCUT2D eigenvalue weighted by Crippen LogP contribution is -2.62. The third-order valence-electron chi connectivity index (χ3n) is 2.02. The van der Waals surface area contributed by atoms with Crippen molar-refractivity contribution in [2.45, 2.75) is 49.9 Å². The Balaban J connectivity index is 5.96. The van der Waals surface area contributed by atoms with Crippen LogP contribution >= 0.6 is 0 Å². The second-order valence-electron chi connectivity index (χ2n) is 5.29. The summed E-state index contributed by atoms with van der Waals surface area (Å²) in [5, 5.41) is 0. The first-order valence-corrected chi connectivity index (χ1v) is 9.01. The van der Waals surface area contributed by atoms with Crippen molar-refractivity contribution in [1.82, 2.24) is 0 Å². The average Bonchev–Trinajstić information content (AvgIpc) is 2.22. The molecule has 0 aliphatic rings. The zero-order chi connectivity index (χ0) is 20.0. The lowest BCUT2D eigenvalue weighted by atomic mass is 10.2. The van der Waals surface area contributed by atoms with Gasteiger partial charge in [0.05, 0.1) is 0 Å². The van der Waals surface area contributed by atoms with Crippen LogP contribution in [0, 0.1) is 0 Å². The van der Waals surface area contributed by atoms with Gasteiger partial charge in [0.25, 0.3) is 0 Å². The van der Waals surface area contributed by atoms with Gasteiger partial charge in [-0.05, 0) is 19.6 Å². The summed E-state index contributed by atoms with van der Waals surface area (Å²) in [5.74, 6) is -16.7. The number of carbonyl (C=O) groups excluding carboxylic acids is 1. The van der Waals surface area contributed by atoms with Crippen LogP contribution in [-0.4, -0.2) is 44.5 Å². The predicted molar refractivity (Wildman–Crippen MR) is 56.4 cm³/mol. The van der Waals surface area contributed by atoms with E-state index in [0.717, 1.165) is 19.6 Å². The molecule has 0 spiro atoms. The maximum absolute atomic E-state index is 13.7. The van der Waals surface area contributed by atoms with E-state index in [0.29, 0.717) is 0 Å². The Morgan fingerprint density at radius 2 is 1.12 bits per heavy atom. The van der Waals surface area contributed by atoms with Crippen molar-refractivity contribution in [3.05, 3.63) is 0 Å². The molecule has 0 amide bonds. The van der Waals surface area contributed by atoms with Crippen molar-refractivity contribution in [2.24, 2.45) is 0 Å². The van der Waals surface area contributed by atoms with E-state index in [9.17, 15) is 53.1 Å². The van der Waals surface area contributed by atoms with Crippen molar-refractivity contribution >= 4 is 14.3 Å². The summed E-state index contributed by atoms with van der Waals surface area (Å²) in [6.07, 6.45) is -20.9. The van der Waals surface area contributed by atoms with Gasteiger partial charge in [0.15, 0.2) is 0 Å². The van der Waals surface area contributed by atoms with Crippen LogP contribution in [0.5, 0.6) is 0 Å². The van der Waals surface area contributed by atoms with Crippen LogP contribution in [-0.2, 0) is 14.0 Å². The van der Waals surface area contributed by atoms with E-state index in [1.165, 1.54) is 0 Å². The lowest BCUT2D eigenvalue weighted by molar-refractivity contribution is -0.474. The minimum absolute atomic E-state index is 0.976. The molecule has 0 saturated carbocycles. The van der Waals surface area contributed by atoms with E-state index >= 15 is 0 Å². The van der Waals surface area contributed by atoms with Crippen LogP contribution in [0.2, 0.25) is 19.6 Å². The van der Waals surface area contributed by atoms with Crippen LogP contribution in [0.15, 0.2) is 0 Å². The topological polar surface area (TPSA) is 35.5 Å². The number of halogens is 11. The van der Waals surface area contributed by atoms with Crippen LogP contribution < -0.4 is 0 Å². The summed E-state index contributed by atoms with van der Waals surface area (Å²) in [7, 11) is -3.39. The molecule has 3 nitrogen and oxygen atoms in total. The van der Waals surface area contributed by atoms with Crippen molar-refractivity contribution < 1.29 is 62.3 Å². The minimum atomic E-state index is -7.22. The second kappa shape index (κ2) is 6.00. The van der Waals surface area contributed by atoms with Crippen molar-refractivity contribution in [2.75, 3.05) is 0 Å².